The molecule has 0 bridgehead atoms. The number of rotatable bonds is 3. The Morgan fingerprint density at radius 2 is 1.83 bits per heavy atom. The molecule has 0 aliphatic rings. The zero-order valence-electron chi connectivity index (χ0n) is 12.4. The van der Waals surface area contributed by atoms with Gasteiger partial charge in [-0.25, -0.2) is 9.07 Å². The highest BCUT2D eigenvalue weighted by molar-refractivity contribution is 5.71. The Morgan fingerprint density at radius 3 is 2.52 bits per heavy atom. The second-order valence-electron chi connectivity index (χ2n) is 5.02. The number of nitrogens with zero attached hydrogens (tertiary/aromatic N) is 4. The average molecular weight is 304 g/mol. The largest absolute Gasteiger partial charge is 0.212 e. The fourth-order valence-corrected chi connectivity index (χ4v) is 2.25. The van der Waals surface area contributed by atoms with Crippen molar-refractivity contribution in [3.8, 4) is 11.8 Å². The Labute approximate surface area is 133 Å². The number of hydrogen-bond acceptors (Lipinski definition) is 3. The van der Waals surface area contributed by atoms with Crippen LogP contribution < -0.4 is 0 Å². The van der Waals surface area contributed by atoms with Gasteiger partial charge in [-0.2, -0.15) is 5.26 Å². The smallest absolute Gasteiger partial charge is 0.190 e. The lowest BCUT2D eigenvalue weighted by Crippen LogP contribution is -2.01. The molecular formula is C18H13FN4. The second kappa shape index (κ2) is 6.24. The van der Waals surface area contributed by atoms with Crippen LogP contribution in [0.25, 0.3) is 17.8 Å². The Hall–Kier alpha value is -3.26. The van der Waals surface area contributed by atoms with Crippen LogP contribution in [-0.4, -0.2) is 15.0 Å². The quantitative estimate of drug-likeness (QED) is 0.740. The number of aryl methyl sites for hydroxylation is 1. The standard InChI is InChI=1S/C18H13FN4/c1-13-4-2-3-5-17(13)23-18(16(12-20)21-22-23)11-8-14-6-9-15(19)10-7-14/h2-11H,1H3/b11-8+. The fourth-order valence-electron chi connectivity index (χ4n) is 2.25. The van der Waals surface area contributed by atoms with E-state index in [0.717, 1.165) is 16.8 Å². The van der Waals surface area contributed by atoms with E-state index < -0.39 is 0 Å². The van der Waals surface area contributed by atoms with Crippen molar-refractivity contribution in [1.82, 2.24) is 15.0 Å². The van der Waals surface area contributed by atoms with Crippen LogP contribution >= 0.6 is 0 Å². The van der Waals surface area contributed by atoms with E-state index in [1.165, 1.54) is 12.1 Å². The average Bonchev–Trinajstić information content (AvgIpc) is 2.97. The molecule has 0 aliphatic heterocycles. The normalized spacial score (nSPS) is 10.8. The van der Waals surface area contributed by atoms with E-state index in [2.05, 4.69) is 10.3 Å². The topological polar surface area (TPSA) is 54.5 Å². The number of aromatic nitrogens is 3. The van der Waals surface area contributed by atoms with Gasteiger partial charge in [0.2, 0.25) is 0 Å². The van der Waals surface area contributed by atoms with Gasteiger partial charge in [0.1, 0.15) is 17.6 Å². The third-order valence-electron chi connectivity index (χ3n) is 3.46. The second-order valence-corrected chi connectivity index (χ2v) is 5.02. The first kappa shape index (κ1) is 14.7. The SMILES string of the molecule is Cc1ccccc1-n1nnc(C#N)c1/C=C/c1ccc(F)cc1. The third kappa shape index (κ3) is 3.01. The summed E-state index contributed by atoms with van der Waals surface area (Å²) in [5.41, 5.74) is 3.55. The van der Waals surface area contributed by atoms with Gasteiger partial charge in [-0.05, 0) is 42.3 Å². The zero-order valence-corrected chi connectivity index (χ0v) is 12.4. The summed E-state index contributed by atoms with van der Waals surface area (Å²) in [6, 6.07) is 15.9. The van der Waals surface area contributed by atoms with Crippen LogP contribution in [0.3, 0.4) is 0 Å². The van der Waals surface area contributed by atoms with Crippen molar-refractivity contribution in [3.63, 3.8) is 0 Å². The molecular weight excluding hydrogens is 291 g/mol. The van der Waals surface area contributed by atoms with Crippen LogP contribution in [0.15, 0.2) is 48.5 Å². The number of benzene rings is 2. The molecule has 0 N–H and O–H groups in total. The summed E-state index contributed by atoms with van der Waals surface area (Å²) in [5.74, 6) is -0.286. The summed E-state index contributed by atoms with van der Waals surface area (Å²) in [4.78, 5) is 0. The Bertz CT molecular complexity index is 902. The molecule has 0 aliphatic carbocycles. The Kier molecular flexibility index (Phi) is 3.98. The summed E-state index contributed by atoms with van der Waals surface area (Å²) in [5, 5.41) is 17.2. The van der Waals surface area contributed by atoms with Gasteiger partial charge in [-0.3, -0.25) is 0 Å². The highest BCUT2D eigenvalue weighted by atomic mass is 19.1. The molecule has 2 aromatic carbocycles. The molecule has 0 fully saturated rings. The minimum atomic E-state index is -0.286. The van der Waals surface area contributed by atoms with Gasteiger partial charge in [-0.1, -0.05) is 41.6 Å². The first-order valence-electron chi connectivity index (χ1n) is 7.04. The van der Waals surface area contributed by atoms with Crippen LogP contribution in [-0.2, 0) is 0 Å². The van der Waals surface area contributed by atoms with Crippen molar-refractivity contribution < 1.29 is 4.39 Å². The minimum absolute atomic E-state index is 0.242. The molecule has 0 radical (unpaired) electrons. The van der Waals surface area contributed by atoms with Crippen LogP contribution in [0.5, 0.6) is 0 Å². The summed E-state index contributed by atoms with van der Waals surface area (Å²) in [7, 11) is 0. The summed E-state index contributed by atoms with van der Waals surface area (Å²) < 4.78 is 14.6. The molecule has 0 unspecified atom stereocenters. The molecule has 0 spiro atoms. The number of para-hydroxylation sites is 1. The summed E-state index contributed by atoms with van der Waals surface area (Å²) in [6.07, 6.45) is 3.56. The van der Waals surface area contributed by atoms with Gasteiger partial charge in [0.25, 0.3) is 0 Å². The van der Waals surface area contributed by atoms with Gasteiger partial charge < -0.3 is 0 Å². The molecule has 0 atom stereocenters. The fraction of sp³-hybridized carbons (Fsp3) is 0.0556. The van der Waals surface area contributed by atoms with Crippen LogP contribution in [0.4, 0.5) is 4.39 Å². The predicted octanol–water partition coefficient (Wildman–Crippen LogP) is 3.76. The van der Waals surface area contributed by atoms with E-state index >= 15 is 0 Å². The van der Waals surface area contributed by atoms with Gasteiger partial charge in [0.15, 0.2) is 5.69 Å². The van der Waals surface area contributed by atoms with Crippen molar-refractivity contribution in [2.24, 2.45) is 0 Å². The van der Waals surface area contributed by atoms with Crippen molar-refractivity contribution in [2.75, 3.05) is 0 Å². The summed E-state index contributed by atoms with van der Waals surface area (Å²) in [6.45, 7) is 1.97. The van der Waals surface area contributed by atoms with Crippen LogP contribution in [0.1, 0.15) is 22.5 Å². The molecule has 23 heavy (non-hydrogen) atoms. The molecule has 1 aromatic heterocycles. The monoisotopic (exact) mass is 304 g/mol. The molecule has 0 amide bonds. The maximum absolute atomic E-state index is 13.0. The van der Waals surface area contributed by atoms with Crippen molar-refractivity contribution in [2.45, 2.75) is 6.92 Å². The van der Waals surface area contributed by atoms with E-state index in [1.54, 1.807) is 29.0 Å². The first-order valence-corrected chi connectivity index (χ1v) is 7.04. The molecule has 5 heteroatoms. The molecule has 0 saturated heterocycles. The maximum atomic E-state index is 13.0. The third-order valence-corrected chi connectivity index (χ3v) is 3.46. The predicted molar refractivity (Wildman–Crippen MR) is 86.1 cm³/mol. The number of hydrogen-bond donors (Lipinski definition) is 0. The van der Waals surface area contributed by atoms with E-state index in [9.17, 15) is 9.65 Å². The number of halogens is 1. The first-order chi connectivity index (χ1) is 11.2. The molecule has 112 valence electrons. The lowest BCUT2D eigenvalue weighted by molar-refractivity contribution is 0.628. The summed E-state index contributed by atoms with van der Waals surface area (Å²) >= 11 is 0. The molecule has 1 heterocycles. The highest BCUT2D eigenvalue weighted by Gasteiger charge is 2.12. The molecule has 3 aromatic rings. The Morgan fingerprint density at radius 1 is 1.09 bits per heavy atom. The lowest BCUT2D eigenvalue weighted by atomic mass is 10.1. The molecule has 0 saturated carbocycles. The van der Waals surface area contributed by atoms with E-state index in [4.69, 9.17) is 0 Å². The van der Waals surface area contributed by atoms with Gasteiger partial charge >= 0.3 is 0 Å². The maximum Gasteiger partial charge on any atom is 0.190 e. The van der Waals surface area contributed by atoms with Gasteiger partial charge in [0, 0.05) is 0 Å². The van der Waals surface area contributed by atoms with Crippen molar-refractivity contribution >= 4 is 12.2 Å². The van der Waals surface area contributed by atoms with Crippen LogP contribution in [0.2, 0.25) is 0 Å². The molecule has 3 rings (SSSR count). The number of nitriles is 1. The van der Waals surface area contributed by atoms with Crippen molar-refractivity contribution in [1.29, 1.82) is 5.26 Å². The van der Waals surface area contributed by atoms with Gasteiger partial charge in [-0.15, -0.1) is 5.10 Å². The van der Waals surface area contributed by atoms with E-state index in [1.807, 2.05) is 37.3 Å². The zero-order chi connectivity index (χ0) is 16.2. The van der Waals surface area contributed by atoms with Crippen LogP contribution in [0, 0.1) is 24.1 Å². The van der Waals surface area contributed by atoms with E-state index in [-0.39, 0.29) is 11.5 Å². The Balaban J connectivity index is 2.05. The molecule has 4 nitrogen and oxygen atoms in total. The van der Waals surface area contributed by atoms with Gasteiger partial charge in [0.05, 0.1) is 5.69 Å². The minimum Gasteiger partial charge on any atom is -0.212 e. The highest BCUT2D eigenvalue weighted by Crippen LogP contribution is 2.18. The lowest BCUT2D eigenvalue weighted by Gasteiger charge is -2.06. The van der Waals surface area contributed by atoms with E-state index in [0.29, 0.717) is 5.69 Å². The van der Waals surface area contributed by atoms with Crippen molar-refractivity contribution in [3.05, 3.63) is 76.9 Å².